The minimum Gasteiger partial charge on any atom is -0.497 e. The fourth-order valence-corrected chi connectivity index (χ4v) is 1.78. The van der Waals surface area contributed by atoms with Gasteiger partial charge in [0.15, 0.2) is 0 Å². The molecule has 0 saturated heterocycles. The monoisotopic (exact) mass is 287 g/mol. The van der Waals surface area contributed by atoms with E-state index in [2.05, 4.69) is 32.7 Å². The number of nitrogens with one attached hydrogen (secondary N) is 2. The molecule has 112 valence electrons. The minimum absolute atomic E-state index is 0.521. The lowest BCUT2D eigenvalue weighted by atomic mass is 10.2. The third-order valence-electron chi connectivity index (χ3n) is 3.00. The number of anilines is 2. The molecule has 0 unspecified atom stereocenters. The van der Waals surface area contributed by atoms with E-state index in [4.69, 9.17) is 4.74 Å². The van der Waals surface area contributed by atoms with Gasteiger partial charge in [-0.1, -0.05) is 25.5 Å². The maximum atomic E-state index is 5.13. The molecule has 21 heavy (non-hydrogen) atoms. The Morgan fingerprint density at radius 1 is 1.14 bits per heavy atom. The Bertz CT molecular complexity index is 544. The molecule has 0 aliphatic heterocycles. The minimum atomic E-state index is 0.521. The molecule has 0 bridgehead atoms. The van der Waals surface area contributed by atoms with Crippen LogP contribution in [0.2, 0.25) is 0 Å². The normalized spacial score (nSPS) is 10.2. The van der Waals surface area contributed by atoms with Crippen molar-refractivity contribution >= 4 is 11.8 Å². The van der Waals surface area contributed by atoms with Gasteiger partial charge in [-0.25, -0.2) is 0 Å². The Kier molecular flexibility index (Phi) is 5.75. The first-order valence-corrected chi connectivity index (χ1v) is 7.12. The first-order valence-electron chi connectivity index (χ1n) is 7.12. The zero-order valence-corrected chi connectivity index (χ0v) is 12.5. The van der Waals surface area contributed by atoms with Gasteiger partial charge in [-0.15, -0.1) is 5.10 Å². The molecule has 0 atom stereocenters. The SMILES string of the molecule is CCCCNc1cnnc(NCc2ccc(OC)cc2)n1. The van der Waals surface area contributed by atoms with E-state index in [0.29, 0.717) is 12.5 Å². The van der Waals surface area contributed by atoms with Gasteiger partial charge < -0.3 is 15.4 Å². The lowest BCUT2D eigenvalue weighted by molar-refractivity contribution is 0.414. The molecule has 0 amide bonds. The molecule has 2 aromatic rings. The molecule has 0 aliphatic rings. The van der Waals surface area contributed by atoms with Crippen molar-refractivity contribution in [2.45, 2.75) is 26.3 Å². The van der Waals surface area contributed by atoms with Crippen molar-refractivity contribution in [1.29, 1.82) is 0 Å². The molecule has 0 fully saturated rings. The van der Waals surface area contributed by atoms with E-state index in [-0.39, 0.29) is 0 Å². The fraction of sp³-hybridized carbons (Fsp3) is 0.400. The third-order valence-corrected chi connectivity index (χ3v) is 3.00. The lowest BCUT2D eigenvalue weighted by Crippen LogP contribution is -2.08. The Hall–Kier alpha value is -2.37. The van der Waals surface area contributed by atoms with Crippen LogP contribution in [0.1, 0.15) is 25.3 Å². The van der Waals surface area contributed by atoms with Gasteiger partial charge in [0, 0.05) is 13.1 Å². The Balaban J connectivity index is 1.88. The molecule has 0 radical (unpaired) electrons. The molecule has 0 saturated carbocycles. The second kappa shape index (κ2) is 8.04. The molecule has 0 aliphatic carbocycles. The van der Waals surface area contributed by atoms with E-state index < -0.39 is 0 Å². The van der Waals surface area contributed by atoms with Crippen LogP contribution in [-0.2, 0) is 6.54 Å². The van der Waals surface area contributed by atoms with Crippen LogP contribution in [-0.4, -0.2) is 28.8 Å². The van der Waals surface area contributed by atoms with Crippen LogP contribution in [0, 0.1) is 0 Å². The lowest BCUT2D eigenvalue weighted by Gasteiger charge is -2.07. The first kappa shape index (κ1) is 15.0. The molecule has 6 nitrogen and oxygen atoms in total. The van der Waals surface area contributed by atoms with E-state index in [0.717, 1.165) is 36.5 Å². The first-order chi connectivity index (χ1) is 10.3. The molecule has 1 aromatic heterocycles. The highest BCUT2D eigenvalue weighted by Crippen LogP contribution is 2.12. The number of methoxy groups -OCH3 is 1. The summed E-state index contributed by atoms with van der Waals surface area (Å²) in [5, 5.41) is 14.3. The largest absolute Gasteiger partial charge is 0.497 e. The number of benzene rings is 1. The average molecular weight is 287 g/mol. The topological polar surface area (TPSA) is 72.0 Å². The number of rotatable bonds is 8. The Labute approximate surface area is 125 Å². The van der Waals surface area contributed by atoms with Crippen LogP contribution in [0.4, 0.5) is 11.8 Å². The van der Waals surface area contributed by atoms with Crippen molar-refractivity contribution in [3.8, 4) is 5.75 Å². The summed E-state index contributed by atoms with van der Waals surface area (Å²) in [6.45, 7) is 3.69. The van der Waals surface area contributed by atoms with Gasteiger partial charge in [0.1, 0.15) is 11.6 Å². The third kappa shape index (κ3) is 4.91. The van der Waals surface area contributed by atoms with Crippen molar-refractivity contribution < 1.29 is 4.74 Å². The standard InChI is InChI=1S/C15H21N5O/c1-3-4-9-16-14-11-18-20-15(19-14)17-10-12-5-7-13(21-2)8-6-12/h5-8,11H,3-4,9-10H2,1-2H3,(H2,16,17,19,20). The zero-order valence-electron chi connectivity index (χ0n) is 12.5. The van der Waals surface area contributed by atoms with E-state index in [1.807, 2.05) is 24.3 Å². The number of hydrogen-bond donors (Lipinski definition) is 2. The quantitative estimate of drug-likeness (QED) is 0.727. The molecular weight excluding hydrogens is 266 g/mol. The molecule has 0 spiro atoms. The molecule has 2 N–H and O–H groups in total. The van der Waals surface area contributed by atoms with E-state index in [1.54, 1.807) is 13.3 Å². The zero-order chi connectivity index (χ0) is 14.9. The van der Waals surface area contributed by atoms with Crippen molar-refractivity contribution in [2.24, 2.45) is 0 Å². The van der Waals surface area contributed by atoms with Crippen LogP contribution in [0.25, 0.3) is 0 Å². The molecule has 6 heteroatoms. The van der Waals surface area contributed by atoms with Gasteiger partial charge in [-0.2, -0.15) is 10.1 Å². The number of ether oxygens (including phenoxy) is 1. The van der Waals surface area contributed by atoms with Gasteiger partial charge in [-0.3, -0.25) is 0 Å². The van der Waals surface area contributed by atoms with Gasteiger partial charge in [0.25, 0.3) is 0 Å². The van der Waals surface area contributed by atoms with E-state index in [9.17, 15) is 0 Å². The fourth-order valence-electron chi connectivity index (χ4n) is 1.78. The molecular formula is C15H21N5O. The highest BCUT2D eigenvalue weighted by atomic mass is 16.5. The summed E-state index contributed by atoms with van der Waals surface area (Å²) in [4.78, 5) is 4.37. The summed E-state index contributed by atoms with van der Waals surface area (Å²) in [5.74, 6) is 2.11. The van der Waals surface area contributed by atoms with Gasteiger partial charge in [0.2, 0.25) is 5.95 Å². The van der Waals surface area contributed by atoms with Crippen molar-refractivity contribution in [3.63, 3.8) is 0 Å². The summed E-state index contributed by atoms with van der Waals surface area (Å²) < 4.78 is 5.13. The maximum absolute atomic E-state index is 5.13. The van der Waals surface area contributed by atoms with Gasteiger partial charge in [-0.05, 0) is 24.1 Å². The number of hydrogen-bond acceptors (Lipinski definition) is 6. The second-order valence-corrected chi connectivity index (χ2v) is 4.65. The van der Waals surface area contributed by atoms with Crippen molar-refractivity contribution in [3.05, 3.63) is 36.0 Å². The second-order valence-electron chi connectivity index (χ2n) is 4.65. The van der Waals surface area contributed by atoms with Crippen molar-refractivity contribution in [2.75, 3.05) is 24.3 Å². The number of unbranched alkanes of at least 4 members (excludes halogenated alkanes) is 1. The van der Waals surface area contributed by atoms with Crippen LogP contribution < -0.4 is 15.4 Å². The van der Waals surface area contributed by atoms with E-state index in [1.165, 1.54) is 0 Å². The summed E-state index contributed by atoms with van der Waals surface area (Å²) in [7, 11) is 1.66. The molecule has 1 heterocycles. The number of aromatic nitrogens is 3. The van der Waals surface area contributed by atoms with E-state index >= 15 is 0 Å². The summed E-state index contributed by atoms with van der Waals surface area (Å²) >= 11 is 0. The molecule has 1 aromatic carbocycles. The Morgan fingerprint density at radius 3 is 2.67 bits per heavy atom. The highest BCUT2D eigenvalue weighted by molar-refractivity contribution is 5.37. The smallest absolute Gasteiger partial charge is 0.244 e. The maximum Gasteiger partial charge on any atom is 0.244 e. The van der Waals surface area contributed by atoms with Gasteiger partial charge >= 0.3 is 0 Å². The van der Waals surface area contributed by atoms with Gasteiger partial charge in [0.05, 0.1) is 13.3 Å². The summed E-state index contributed by atoms with van der Waals surface area (Å²) in [6.07, 6.45) is 3.89. The number of nitrogens with zero attached hydrogens (tertiary/aromatic N) is 3. The predicted octanol–water partition coefficient (Wildman–Crippen LogP) is 2.70. The average Bonchev–Trinajstić information content (AvgIpc) is 2.54. The summed E-state index contributed by atoms with van der Waals surface area (Å²) in [6, 6.07) is 7.86. The van der Waals surface area contributed by atoms with Crippen molar-refractivity contribution in [1.82, 2.24) is 15.2 Å². The van der Waals surface area contributed by atoms with Crippen LogP contribution in [0.15, 0.2) is 30.5 Å². The van der Waals surface area contributed by atoms with Crippen LogP contribution in [0.3, 0.4) is 0 Å². The predicted molar refractivity (Wildman–Crippen MR) is 83.5 cm³/mol. The summed E-state index contributed by atoms with van der Waals surface area (Å²) in [5.41, 5.74) is 1.13. The molecule has 2 rings (SSSR count). The Morgan fingerprint density at radius 2 is 1.95 bits per heavy atom. The van der Waals surface area contributed by atoms with Crippen LogP contribution in [0.5, 0.6) is 5.75 Å². The van der Waals surface area contributed by atoms with Crippen LogP contribution >= 0.6 is 0 Å². The highest BCUT2D eigenvalue weighted by Gasteiger charge is 2.00.